The van der Waals surface area contributed by atoms with E-state index in [9.17, 15) is 21.6 Å². The van der Waals surface area contributed by atoms with Crippen LogP contribution >= 0.6 is 0 Å². The van der Waals surface area contributed by atoms with Crippen LogP contribution in [0.25, 0.3) is 0 Å². The maximum atomic E-state index is 12.8. The maximum Gasteiger partial charge on any atom is 0.301 e. The molecule has 0 unspecified atom stereocenters. The molecule has 0 bridgehead atoms. The first kappa shape index (κ1) is 20.1. The van der Waals surface area contributed by atoms with Crippen LogP contribution in [-0.2, 0) is 25.0 Å². The van der Waals surface area contributed by atoms with E-state index in [2.05, 4.69) is 10.0 Å². The van der Waals surface area contributed by atoms with Gasteiger partial charge < -0.3 is 5.32 Å². The number of anilines is 1. The largest absolute Gasteiger partial charge is 0.354 e. The minimum absolute atomic E-state index is 0.0405. The zero-order chi connectivity index (χ0) is 19.7. The highest BCUT2D eigenvalue weighted by Crippen LogP contribution is 2.26. The fraction of sp³-hybridized carbons (Fsp3) is 0.562. The van der Waals surface area contributed by atoms with Gasteiger partial charge >= 0.3 is 10.2 Å². The maximum absolute atomic E-state index is 12.8. The van der Waals surface area contributed by atoms with Gasteiger partial charge in [-0.1, -0.05) is 18.9 Å². The molecule has 0 atom stereocenters. The summed E-state index contributed by atoms with van der Waals surface area (Å²) in [5.41, 5.74) is 0.169. The molecule has 1 aromatic rings. The second kappa shape index (κ2) is 7.74. The van der Waals surface area contributed by atoms with Gasteiger partial charge in [-0.3, -0.25) is 9.52 Å². The van der Waals surface area contributed by atoms with Crippen molar-refractivity contribution in [3.63, 3.8) is 0 Å². The summed E-state index contributed by atoms with van der Waals surface area (Å²) < 4.78 is 55.6. The third-order valence-electron chi connectivity index (χ3n) is 4.94. The highest BCUT2D eigenvalue weighted by Gasteiger charge is 2.31. The van der Waals surface area contributed by atoms with Gasteiger partial charge in [0.25, 0.3) is 0 Å². The Morgan fingerprint density at radius 1 is 1.19 bits per heavy atom. The minimum Gasteiger partial charge on any atom is -0.354 e. The van der Waals surface area contributed by atoms with Gasteiger partial charge in [-0.05, 0) is 31.0 Å². The topological polar surface area (TPSA) is 116 Å². The number of rotatable bonds is 6. The van der Waals surface area contributed by atoms with Crippen LogP contribution in [0.15, 0.2) is 29.2 Å². The molecule has 11 heteroatoms. The Kier molecular flexibility index (Phi) is 5.75. The van der Waals surface area contributed by atoms with Crippen molar-refractivity contribution in [2.75, 3.05) is 31.4 Å². The SMILES string of the molecule is CN(C1CCCC1)S(=O)(=O)Nc1cccc(S(=O)(=O)N2CCNC(=O)C2)c1. The molecule has 1 saturated heterocycles. The Morgan fingerprint density at radius 2 is 1.89 bits per heavy atom. The molecule has 0 aromatic heterocycles. The van der Waals surface area contributed by atoms with Crippen LogP contribution in [0.2, 0.25) is 0 Å². The normalized spacial score (nSPS) is 20.0. The number of hydrogen-bond acceptors (Lipinski definition) is 5. The van der Waals surface area contributed by atoms with Crippen molar-refractivity contribution < 1.29 is 21.6 Å². The molecule has 9 nitrogen and oxygen atoms in total. The number of amides is 1. The molecular formula is C16H24N4O5S2. The highest BCUT2D eigenvalue weighted by atomic mass is 32.2. The van der Waals surface area contributed by atoms with E-state index in [0.29, 0.717) is 0 Å². The summed E-state index contributed by atoms with van der Waals surface area (Å²) in [5, 5.41) is 2.57. The zero-order valence-corrected chi connectivity index (χ0v) is 16.7. The Hall–Kier alpha value is -1.69. The van der Waals surface area contributed by atoms with Crippen LogP contribution in [0, 0.1) is 0 Å². The molecule has 2 fully saturated rings. The molecule has 2 N–H and O–H groups in total. The van der Waals surface area contributed by atoms with Crippen molar-refractivity contribution in [3.05, 3.63) is 24.3 Å². The Balaban J connectivity index is 1.80. The lowest BCUT2D eigenvalue weighted by atomic mass is 10.3. The predicted octanol–water partition coefficient (Wildman–Crippen LogP) is 0.338. The average molecular weight is 417 g/mol. The number of carbonyl (C=O) groups excluding carboxylic acids is 1. The summed E-state index contributed by atoms with van der Waals surface area (Å²) in [6.07, 6.45) is 3.65. The first-order valence-corrected chi connectivity index (χ1v) is 11.7. The van der Waals surface area contributed by atoms with Crippen LogP contribution in [-0.4, -0.2) is 64.1 Å². The van der Waals surface area contributed by atoms with Crippen molar-refractivity contribution in [2.45, 2.75) is 36.6 Å². The van der Waals surface area contributed by atoms with E-state index in [4.69, 9.17) is 0 Å². The summed E-state index contributed by atoms with van der Waals surface area (Å²) in [6.45, 7) is 0.174. The van der Waals surface area contributed by atoms with E-state index in [-0.39, 0.29) is 42.2 Å². The quantitative estimate of drug-likeness (QED) is 0.694. The Bertz CT molecular complexity index is 910. The van der Waals surface area contributed by atoms with E-state index >= 15 is 0 Å². The second-order valence-corrected chi connectivity index (χ2v) is 10.4. The number of benzene rings is 1. The number of sulfonamides is 1. The monoisotopic (exact) mass is 416 g/mol. The molecule has 1 amide bonds. The Morgan fingerprint density at radius 3 is 2.56 bits per heavy atom. The molecule has 150 valence electrons. The summed E-state index contributed by atoms with van der Waals surface area (Å²) >= 11 is 0. The number of piperazine rings is 1. The summed E-state index contributed by atoms with van der Waals surface area (Å²) in [4.78, 5) is 11.4. The first-order chi connectivity index (χ1) is 12.7. The molecule has 1 aliphatic carbocycles. The number of hydrogen-bond donors (Lipinski definition) is 2. The number of carbonyl (C=O) groups is 1. The van der Waals surface area contributed by atoms with Gasteiger partial charge in [0.2, 0.25) is 15.9 Å². The van der Waals surface area contributed by atoms with E-state index in [0.717, 1.165) is 30.0 Å². The minimum atomic E-state index is -3.88. The van der Waals surface area contributed by atoms with Crippen molar-refractivity contribution in [3.8, 4) is 0 Å². The van der Waals surface area contributed by atoms with E-state index in [1.807, 2.05) is 0 Å². The average Bonchev–Trinajstić information content (AvgIpc) is 3.15. The standard InChI is InChI=1S/C16H24N4O5S2/c1-19(14-6-2-3-7-14)27(24,25)18-13-5-4-8-15(11-13)26(22,23)20-10-9-17-16(21)12-20/h4-5,8,11,14,18H,2-3,6-7,9-10,12H2,1H3,(H,17,21). The zero-order valence-electron chi connectivity index (χ0n) is 15.1. The molecule has 1 heterocycles. The summed E-state index contributed by atoms with van der Waals surface area (Å²) in [5.74, 6) is -0.361. The van der Waals surface area contributed by atoms with Crippen LogP contribution in [0.1, 0.15) is 25.7 Å². The van der Waals surface area contributed by atoms with Crippen molar-refractivity contribution >= 4 is 31.8 Å². The fourth-order valence-electron chi connectivity index (χ4n) is 3.37. The summed E-state index contributed by atoms with van der Waals surface area (Å²) in [6, 6.07) is 5.61. The lowest BCUT2D eigenvalue weighted by Crippen LogP contribution is -2.49. The fourth-order valence-corrected chi connectivity index (χ4v) is 5.99. The molecule has 1 aromatic carbocycles. The van der Waals surface area contributed by atoms with Crippen molar-refractivity contribution in [1.29, 1.82) is 0 Å². The molecule has 1 aliphatic heterocycles. The van der Waals surface area contributed by atoms with Gasteiger partial charge in [-0.25, -0.2) is 8.42 Å². The molecular weight excluding hydrogens is 392 g/mol. The van der Waals surface area contributed by atoms with Crippen molar-refractivity contribution in [1.82, 2.24) is 13.9 Å². The van der Waals surface area contributed by atoms with Gasteiger partial charge in [0.05, 0.1) is 17.1 Å². The van der Waals surface area contributed by atoms with Crippen molar-refractivity contribution in [2.24, 2.45) is 0 Å². The smallest absolute Gasteiger partial charge is 0.301 e. The van der Waals surface area contributed by atoms with Gasteiger partial charge in [-0.15, -0.1) is 0 Å². The third-order valence-corrected chi connectivity index (χ3v) is 8.33. The summed E-state index contributed by atoms with van der Waals surface area (Å²) in [7, 11) is -6.13. The molecule has 3 rings (SSSR count). The number of nitrogens with one attached hydrogen (secondary N) is 2. The second-order valence-electron chi connectivity index (χ2n) is 6.78. The Labute approximate surface area is 160 Å². The van der Waals surface area contributed by atoms with Gasteiger partial charge in [-0.2, -0.15) is 17.0 Å². The van der Waals surface area contributed by atoms with E-state index < -0.39 is 20.2 Å². The van der Waals surface area contributed by atoms with Crippen LogP contribution in [0.3, 0.4) is 0 Å². The highest BCUT2D eigenvalue weighted by molar-refractivity contribution is 7.90. The molecule has 0 spiro atoms. The van der Waals surface area contributed by atoms with E-state index in [1.54, 1.807) is 0 Å². The van der Waals surface area contributed by atoms with Gasteiger partial charge in [0, 0.05) is 26.2 Å². The molecule has 0 radical (unpaired) electrons. The number of nitrogens with zero attached hydrogens (tertiary/aromatic N) is 2. The van der Waals surface area contributed by atoms with Crippen LogP contribution in [0.4, 0.5) is 5.69 Å². The van der Waals surface area contributed by atoms with E-state index in [1.165, 1.54) is 35.6 Å². The van der Waals surface area contributed by atoms with Gasteiger partial charge in [0.15, 0.2) is 0 Å². The molecule has 2 aliphatic rings. The van der Waals surface area contributed by atoms with Crippen LogP contribution in [0.5, 0.6) is 0 Å². The predicted molar refractivity (Wildman–Crippen MR) is 101 cm³/mol. The van der Waals surface area contributed by atoms with Crippen LogP contribution < -0.4 is 10.0 Å². The lowest BCUT2D eigenvalue weighted by molar-refractivity contribution is -0.122. The van der Waals surface area contributed by atoms with Gasteiger partial charge in [0.1, 0.15) is 0 Å². The first-order valence-electron chi connectivity index (χ1n) is 8.83. The third kappa shape index (κ3) is 4.42. The molecule has 1 saturated carbocycles. The lowest BCUT2D eigenvalue weighted by Gasteiger charge is -2.26. The molecule has 27 heavy (non-hydrogen) atoms.